The number of carbonyl (C=O) groups is 1. The Labute approximate surface area is 169 Å². The lowest BCUT2D eigenvalue weighted by Gasteiger charge is -2.44. The SMILES string of the molecule is C[C@@H]1C(=O)O[C@H]2C[C@H](O[Si](c3ccccc3)(c3ccccc3)C(C)(C)C)C[C@H]21. The molecule has 1 saturated heterocycles. The normalized spacial score (nSPS) is 27.5. The van der Waals surface area contributed by atoms with Crippen LogP contribution in [0.1, 0.15) is 40.5 Å². The number of ether oxygens (including phenoxy) is 1. The zero-order valence-electron chi connectivity index (χ0n) is 17.2. The van der Waals surface area contributed by atoms with Gasteiger partial charge in [-0.1, -0.05) is 88.4 Å². The molecule has 0 N–H and O–H groups in total. The lowest BCUT2D eigenvalue weighted by Crippen LogP contribution is -2.67. The van der Waals surface area contributed by atoms with Crippen molar-refractivity contribution in [2.24, 2.45) is 11.8 Å². The number of benzene rings is 2. The van der Waals surface area contributed by atoms with E-state index in [-0.39, 0.29) is 35.1 Å². The van der Waals surface area contributed by atoms with Crippen LogP contribution >= 0.6 is 0 Å². The molecule has 0 unspecified atom stereocenters. The van der Waals surface area contributed by atoms with Crippen molar-refractivity contribution in [3.8, 4) is 0 Å². The lowest BCUT2D eigenvalue weighted by molar-refractivity contribution is -0.144. The van der Waals surface area contributed by atoms with Crippen LogP contribution in [0.3, 0.4) is 0 Å². The summed E-state index contributed by atoms with van der Waals surface area (Å²) in [6.07, 6.45) is 1.86. The highest BCUT2D eigenvalue weighted by molar-refractivity contribution is 6.99. The van der Waals surface area contributed by atoms with Gasteiger partial charge >= 0.3 is 5.97 Å². The fourth-order valence-corrected chi connectivity index (χ4v) is 9.82. The van der Waals surface area contributed by atoms with Gasteiger partial charge in [0.25, 0.3) is 8.32 Å². The Balaban J connectivity index is 1.75. The van der Waals surface area contributed by atoms with Crippen molar-refractivity contribution in [2.45, 2.75) is 57.8 Å². The molecule has 0 bridgehead atoms. The van der Waals surface area contributed by atoms with Crippen molar-refractivity contribution >= 4 is 24.7 Å². The second-order valence-corrected chi connectivity index (χ2v) is 13.6. The van der Waals surface area contributed by atoms with Crippen LogP contribution in [0.5, 0.6) is 0 Å². The van der Waals surface area contributed by atoms with Crippen LogP contribution in [0.15, 0.2) is 60.7 Å². The molecular formula is C24H30O3Si. The Morgan fingerprint density at radius 1 is 0.929 bits per heavy atom. The van der Waals surface area contributed by atoms with E-state index in [2.05, 4.69) is 81.4 Å². The summed E-state index contributed by atoms with van der Waals surface area (Å²) in [6, 6.07) is 21.5. The molecule has 3 nitrogen and oxygen atoms in total. The second-order valence-electron chi connectivity index (χ2n) is 9.30. The van der Waals surface area contributed by atoms with E-state index < -0.39 is 8.32 Å². The van der Waals surface area contributed by atoms with Crippen molar-refractivity contribution in [2.75, 3.05) is 0 Å². The summed E-state index contributed by atoms with van der Waals surface area (Å²) < 4.78 is 12.8. The van der Waals surface area contributed by atoms with Crippen LogP contribution in [0.2, 0.25) is 5.04 Å². The van der Waals surface area contributed by atoms with E-state index in [1.54, 1.807) is 0 Å². The van der Waals surface area contributed by atoms with Crippen LogP contribution in [-0.2, 0) is 14.0 Å². The largest absolute Gasteiger partial charge is 0.462 e. The Morgan fingerprint density at radius 2 is 1.46 bits per heavy atom. The minimum absolute atomic E-state index is 0.0160. The van der Waals surface area contributed by atoms with Gasteiger partial charge in [-0.15, -0.1) is 0 Å². The number of fused-ring (bicyclic) bond motifs is 1. The van der Waals surface area contributed by atoms with Crippen LogP contribution in [-0.4, -0.2) is 26.5 Å². The highest BCUT2D eigenvalue weighted by Gasteiger charge is 2.55. The first kappa shape index (κ1) is 19.4. The van der Waals surface area contributed by atoms with E-state index >= 15 is 0 Å². The number of hydrogen-bond donors (Lipinski definition) is 0. The predicted octanol–water partition coefficient (Wildman–Crippen LogP) is 3.90. The van der Waals surface area contributed by atoms with E-state index in [9.17, 15) is 4.79 Å². The Hall–Kier alpha value is -1.91. The molecule has 4 heteroatoms. The van der Waals surface area contributed by atoms with Crippen LogP contribution in [0, 0.1) is 11.8 Å². The van der Waals surface area contributed by atoms with Gasteiger partial charge in [0.1, 0.15) is 6.10 Å². The molecule has 4 rings (SSSR count). The van der Waals surface area contributed by atoms with Crippen LogP contribution in [0.25, 0.3) is 0 Å². The fraction of sp³-hybridized carbons (Fsp3) is 0.458. The summed E-state index contributed by atoms with van der Waals surface area (Å²) >= 11 is 0. The number of esters is 1. The minimum Gasteiger partial charge on any atom is -0.462 e. The van der Waals surface area contributed by atoms with Crippen LogP contribution < -0.4 is 10.4 Å². The Morgan fingerprint density at radius 3 is 1.93 bits per heavy atom. The fourth-order valence-electron chi connectivity index (χ4n) is 5.12. The molecule has 148 valence electrons. The Kier molecular flexibility index (Phi) is 4.96. The minimum atomic E-state index is -2.54. The van der Waals surface area contributed by atoms with E-state index in [0.717, 1.165) is 12.8 Å². The molecule has 1 heterocycles. The molecule has 0 amide bonds. The predicted molar refractivity (Wildman–Crippen MR) is 114 cm³/mol. The third kappa shape index (κ3) is 3.13. The van der Waals surface area contributed by atoms with Crippen molar-refractivity contribution in [3.05, 3.63) is 60.7 Å². The molecule has 2 aliphatic rings. The third-order valence-corrected chi connectivity index (χ3v) is 11.6. The highest BCUT2D eigenvalue weighted by Crippen LogP contribution is 2.45. The molecule has 2 aromatic carbocycles. The number of hydrogen-bond acceptors (Lipinski definition) is 3. The molecule has 2 fully saturated rings. The summed E-state index contributed by atoms with van der Waals surface area (Å²) in [6.45, 7) is 8.91. The van der Waals surface area contributed by atoms with Crippen molar-refractivity contribution in [3.63, 3.8) is 0 Å². The first-order valence-corrected chi connectivity index (χ1v) is 12.2. The standard InChI is InChI=1S/C24H30O3Si/c1-17-21-15-18(16-22(21)26-23(17)25)27-28(24(2,3)4,19-11-7-5-8-12-19)20-13-9-6-10-14-20/h5-14,17-18,21-22H,15-16H2,1-4H3/t17-,18+,21-,22-/m0/s1. The summed E-state index contributed by atoms with van der Waals surface area (Å²) in [5, 5.41) is 2.57. The van der Waals surface area contributed by atoms with Gasteiger partial charge in [0.05, 0.1) is 5.92 Å². The maximum atomic E-state index is 11.9. The van der Waals surface area contributed by atoms with Gasteiger partial charge in [0.2, 0.25) is 0 Å². The van der Waals surface area contributed by atoms with Crippen molar-refractivity contribution in [1.29, 1.82) is 0 Å². The highest BCUT2D eigenvalue weighted by atomic mass is 28.4. The van der Waals surface area contributed by atoms with Crippen LogP contribution in [0.4, 0.5) is 0 Å². The molecule has 28 heavy (non-hydrogen) atoms. The first-order valence-electron chi connectivity index (χ1n) is 10.3. The molecule has 4 atom stereocenters. The van der Waals surface area contributed by atoms with Gasteiger partial charge in [0.15, 0.2) is 0 Å². The van der Waals surface area contributed by atoms with Gasteiger partial charge in [-0.25, -0.2) is 0 Å². The van der Waals surface area contributed by atoms with Gasteiger partial charge in [-0.2, -0.15) is 0 Å². The second kappa shape index (κ2) is 7.16. The van der Waals surface area contributed by atoms with E-state index in [1.807, 2.05) is 6.92 Å². The van der Waals surface area contributed by atoms with Gasteiger partial charge < -0.3 is 9.16 Å². The average molecular weight is 395 g/mol. The maximum absolute atomic E-state index is 11.9. The maximum Gasteiger partial charge on any atom is 0.309 e. The van der Waals surface area contributed by atoms with Gasteiger partial charge in [0, 0.05) is 18.4 Å². The van der Waals surface area contributed by atoms with Gasteiger partial charge in [-0.3, -0.25) is 4.79 Å². The Bertz CT molecular complexity index is 788. The summed E-state index contributed by atoms with van der Waals surface area (Å²) in [7, 11) is -2.54. The van der Waals surface area contributed by atoms with Crippen molar-refractivity contribution in [1.82, 2.24) is 0 Å². The molecular weight excluding hydrogens is 364 g/mol. The lowest BCUT2D eigenvalue weighted by atomic mass is 9.94. The topological polar surface area (TPSA) is 35.5 Å². The molecule has 1 aliphatic heterocycles. The summed E-state index contributed by atoms with van der Waals surface area (Å²) in [5.41, 5.74) is 0. The molecule has 0 radical (unpaired) electrons. The molecule has 0 aromatic heterocycles. The molecule has 0 spiro atoms. The number of carbonyl (C=O) groups excluding carboxylic acids is 1. The first-order chi connectivity index (χ1) is 13.3. The smallest absolute Gasteiger partial charge is 0.309 e. The van der Waals surface area contributed by atoms with Crippen molar-refractivity contribution < 1.29 is 14.0 Å². The zero-order valence-corrected chi connectivity index (χ0v) is 18.2. The monoisotopic (exact) mass is 394 g/mol. The summed E-state index contributed by atoms with van der Waals surface area (Å²) in [4.78, 5) is 11.9. The quantitative estimate of drug-likeness (QED) is 0.583. The van der Waals surface area contributed by atoms with Gasteiger partial charge in [-0.05, 0) is 21.8 Å². The molecule has 1 aliphatic carbocycles. The third-order valence-electron chi connectivity index (χ3n) is 6.55. The average Bonchev–Trinajstić information content (AvgIpc) is 3.18. The summed E-state index contributed by atoms with van der Waals surface area (Å²) in [5.74, 6) is 0.229. The zero-order chi connectivity index (χ0) is 19.9. The van der Waals surface area contributed by atoms with E-state index in [0.29, 0.717) is 0 Å². The van der Waals surface area contributed by atoms with E-state index in [4.69, 9.17) is 9.16 Å². The molecule has 2 aromatic rings. The molecule has 1 saturated carbocycles. The number of rotatable bonds is 4. The van der Waals surface area contributed by atoms with E-state index in [1.165, 1.54) is 10.4 Å².